The topological polar surface area (TPSA) is 71.1 Å². The Labute approximate surface area is 114 Å². The molecule has 0 amide bonds. The minimum Gasteiger partial charge on any atom is -0.378 e. The van der Waals surface area contributed by atoms with Crippen molar-refractivity contribution in [3.63, 3.8) is 0 Å². The number of anilines is 2. The lowest BCUT2D eigenvalue weighted by Gasteiger charge is -2.24. The summed E-state index contributed by atoms with van der Waals surface area (Å²) in [6, 6.07) is 2.28. The fourth-order valence-corrected chi connectivity index (χ4v) is 1.84. The van der Waals surface area contributed by atoms with E-state index in [1.807, 2.05) is 6.07 Å². The van der Waals surface area contributed by atoms with Crippen LogP contribution >= 0.6 is 0 Å². The van der Waals surface area contributed by atoms with Crippen molar-refractivity contribution in [3.05, 3.63) is 12.4 Å². The maximum Gasteiger partial charge on any atom is 0.131 e. The van der Waals surface area contributed by atoms with Gasteiger partial charge in [0.15, 0.2) is 0 Å². The van der Waals surface area contributed by atoms with Gasteiger partial charge in [-0.15, -0.1) is 0 Å². The zero-order valence-corrected chi connectivity index (χ0v) is 11.6. The van der Waals surface area contributed by atoms with Gasteiger partial charge in [-0.1, -0.05) is 13.8 Å². The van der Waals surface area contributed by atoms with Crippen molar-refractivity contribution in [2.24, 2.45) is 5.92 Å². The Hall–Kier alpha value is -1.40. The van der Waals surface area contributed by atoms with Gasteiger partial charge in [0.1, 0.15) is 18.0 Å². The Morgan fingerprint density at radius 2 is 2.16 bits per heavy atom. The third kappa shape index (κ3) is 5.00. The average molecular weight is 265 g/mol. The molecule has 0 saturated carbocycles. The summed E-state index contributed by atoms with van der Waals surface area (Å²) in [5, 5.41) is 10.00. The van der Waals surface area contributed by atoms with Gasteiger partial charge in [-0.3, -0.25) is 0 Å². The van der Waals surface area contributed by atoms with Gasteiger partial charge >= 0.3 is 0 Å². The lowest BCUT2D eigenvalue weighted by Crippen LogP contribution is -2.45. The van der Waals surface area contributed by atoms with Crippen molar-refractivity contribution < 1.29 is 4.74 Å². The second-order valence-electron chi connectivity index (χ2n) is 5.17. The molecule has 0 aromatic carbocycles. The number of morpholine rings is 1. The van der Waals surface area contributed by atoms with E-state index in [9.17, 15) is 0 Å². The number of rotatable bonds is 6. The van der Waals surface area contributed by atoms with Crippen molar-refractivity contribution in [1.82, 2.24) is 15.3 Å². The molecule has 1 atom stereocenters. The van der Waals surface area contributed by atoms with Crippen LogP contribution in [0.1, 0.15) is 13.8 Å². The van der Waals surface area contributed by atoms with E-state index < -0.39 is 0 Å². The molecule has 1 unspecified atom stereocenters. The van der Waals surface area contributed by atoms with E-state index in [0.29, 0.717) is 12.0 Å². The molecular weight excluding hydrogens is 242 g/mol. The Morgan fingerprint density at radius 1 is 1.37 bits per heavy atom. The highest BCUT2D eigenvalue weighted by Gasteiger charge is 2.12. The smallest absolute Gasteiger partial charge is 0.131 e. The van der Waals surface area contributed by atoms with E-state index in [4.69, 9.17) is 4.74 Å². The van der Waals surface area contributed by atoms with Crippen molar-refractivity contribution in [1.29, 1.82) is 0 Å². The van der Waals surface area contributed by atoms with Crippen molar-refractivity contribution >= 4 is 11.6 Å². The van der Waals surface area contributed by atoms with Gasteiger partial charge in [0, 0.05) is 31.7 Å². The molecule has 1 aliphatic rings. The van der Waals surface area contributed by atoms with Crippen LogP contribution in [0.4, 0.5) is 11.6 Å². The van der Waals surface area contributed by atoms with Crippen molar-refractivity contribution in [2.45, 2.75) is 19.9 Å². The van der Waals surface area contributed by atoms with E-state index in [-0.39, 0.29) is 0 Å². The number of ether oxygens (including phenoxy) is 1. The Morgan fingerprint density at radius 3 is 2.84 bits per heavy atom. The van der Waals surface area contributed by atoms with Crippen LogP contribution in [0.15, 0.2) is 12.4 Å². The van der Waals surface area contributed by atoms with Crippen LogP contribution in [0.5, 0.6) is 0 Å². The molecule has 0 aliphatic carbocycles. The first-order valence-electron chi connectivity index (χ1n) is 6.85. The maximum absolute atomic E-state index is 5.41. The molecule has 0 spiro atoms. The van der Waals surface area contributed by atoms with Crippen LogP contribution in [0.3, 0.4) is 0 Å². The predicted octanol–water partition coefficient (Wildman–Crippen LogP) is 0.945. The van der Waals surface area contributed by atoms with Gasteiger partial charge in [-0.25, -0.2) is 9.97 Å². The molecule has 3 N–H and O–H groups in total. The number of nitrogens with zero attached hydrogens (tertiary/aromatic N) is 2. The first-order chi connectivity index (χ1) is 9.24. The van der Waals surface area contributed by atoms with Gasteiger partial charge in [0.05, 0.1) is 13.2 Å². The molecule has 19 heavy (non-hydrogen) atoms. The third-order valence-corrected chi connectivity index (χ3v) is 2.89. The largest absolute Gasteiger partial charge is 0.378 e. The molecule has 6 heteroatoms. The average Bonchev–Trinajstić information content (AvgIpc) is 2.44. The lowest BCUT2D eigenvalue weighted by molar-refractivity contribution is 0.0806. The second-order valence-corrected chi connectivity index (χ2v) is 5.17. The summed E-state index contributed by atoms with van der Waals surface area (Å²) in [5.41, 5.74) is 0. The maximum atomic E-state index is 5.41. The second kappa shape index (κ2) is 7.25. The van der Waals surface area contributed by atoms with E-state index in [2.05, 4.69) is 39.8 Å². The zero-order valence-electron chi connectivity index (χ0n) is 11.6. The first kappa shape index (κ1) is 14.0. The number of hydrogen-bond acceptors (Lipinski definition) is 6. The monoisotopic (exact) mass is 265 g/mol. The van der Waals surface area contributed by atoms with E-state index in [0.717, 1.165) is 44.5 Å². The fourth-order valence-electron chi connectivity index (χ4n) is 1.84. The van der Waals surface area contributed by atoms with Crippen LogP contribution in [0.25, 0.3) is 0 Å². The molecule has 1 aliphatic heterocycles. The van der Waals surface area contributed by atoms with E-state index >= 15 is 0 Å². The number of aromatic nitrogens is 2. The van der Waals surface area contributed by atoms with Crippen molar-refractivity contribution in [3.8, 4) is 0 Å². The summed E-state index contributed by atoms with van der Waals surface area (Å²) in [5.74, 6) is 2.29. The molecule has 1 aromatic heterocycles. The molecule has 1 aromatic rings. The molecule has 0 radical (unpaired) electrons. The minimum absolute atomic E-state index is 0.343. The fraction of sp³-hybridized carbons (Fsp3) is 0.692. The standard InChI is InChI=1S/C13H23N5O/c1-10(2)6-15-12-5-13(18-9-17-12)16-7-11-8-19-4-3-14-11/h5,9-11,14H,3-4,6-8H2,1-2H3,(H2,15,16,17,18). The van der Waals surface area contributed by atoms with Crippen LogP contribution in [0, 0.1) is 5.92 Å². The quantitative estimate of drug-likeness (QED) is 0.711. The van der Waals surface area contributed by atoms with E-state index in [1.165, 1.54) is 0 Å². The van der Waals surface area contributed by atoms with Gasteiger partial charge in [-0.05, 0) is 5.92 Å². The molecule has 2 heterocycles. The highest BCUT2D eigenvalue weighted by Crippen LogP contribution is 2.09. The van der Waals surface area contributed by atoms with Gasteiger partial charge in [0.2, 0.25) is 0 Å². The SMILES string of the molecule is CC(C)CNc1cc(NCC2COCCN2)ncn1. The normalized spacial score (nSPS) is 19.4. The van der Waals surface area contributed by atoms with Gasteiger partial charge in [-0.2, -0.15) is 0 Å². The lowest BCUT2D eigenvalue weighted by atomic mass is 10.2. The molecule has 0 bridgehead atoms. The first-order valence-corrected chi connectivity index (χ1v) is 6.85. The Kier molecular flexibility index (Phi) is 5.35. The minimum atomic E-state index is 0.343. The molecule has 1 saturated heterocycles. The molecule has 2 rings (SSSR count). The van der Waals surface area contributed by atoms with Crippen LogP contribution in [-0.4, -0.2) is 48.9 Å². The molecule has 1 fully saturated rings. The summed E-state index contributed by atoms with van der Waals surface area (Å²) < 4.78 is 5.41. The third-order valence-electron chi connectivity index (χ3n) is 2.89. The summed E-state index contributed by atoms with van der Waals surface area (Å²) in [7, 11) is 0. The summed E-state index contributed by atoms with van der Waals surface area (Å²) in [6.45, 7) is 8.51. The van der Waals surface area contributed by atoms with E-state index in [1.54, 1.807) is 6.33 Å². The Balaban J connectivity index is 1.80. The molecule has 106 valence electrons. The number of nitrogens with one attached hydrogen (secondary N) is 3. The van der Waals surface area contributed by atoms with Gasteiger partial charge < -0.3 is 20.7 Å². The molecular formula is C13H23N5O. The van der Waals surface area contributed by atoms with Crippen LogP contribution in [-0.2, 0) is 4.74 Å². The van der Waals surface area contributed by atoms with Gasteiger partial charge in [0.25, 0.3) is 0 Å². The summed E-state index contributed by atoms with van der Waals surface area (Å²) in [4.78, 5) is 8.42. The van der Waals surface area contributed by atoms with Crippen molar-refractivity contribution in [2.75, 3.05) is 43.5 Å². The zero-order chi connectivity index (χ0) is 13.5. The molecule has 6 nitrogen and oxygen atoms in total. The highest BCUT2D eigenvalue weighted by molar-refractivity contribution is 5.46. The number of hydrogen-bond donors (Lipinski definition) is 3. The predicted molar refractivity (Wildman–Crippen MR) is 76.5 cm³/mol. The summed E-state index contributed by atoms with van der Waals surface area (Å²) >= 11 is 0. The van der Waals surface area contributed by atoms with Crippen LogP contribution < -0.4 is 16.0 Å². The summed E-state index contributed by atoms with van der Waals surface area (Å²) in [6.07, 6.45) is 1.58. The van der Waals surface area contributed by atoms with Crippen LogP contribution in [0.2, 0.25) is 0 Å². The highest BCUT2D eigenvalue weighted by atomic mass is 16.5. The Bertz CT molecular complexity index is 379.